The average molecular weight is 608 g/mol. The summed E-state index contributed by atoms with van der Waals surface area (Å²) in [4.78, 5) is 12.8. The number of benzene rings is 1. The van der Waals surface area contributed by atoms with E-state index in [-0.39, 0.29) is 29.7 Å². The number of aromatic nitrogens is 3. The first kappa shape index (κ1) is 30.4. The number of pyridine rings is 1. The quantitative estimate of drug-likeness (QED) is 0.281. The maximum absolute atomic E-state index is 16.4. The number of nitrogens with one attached hydrogen (secondary N) is 2. The summed E-state index contributed by atoms with van der Waals surface area (Å²) in [7, 11) is 0. The van der Waals surface area contributed by atoms with Gasteiger partial charge in [0.15, 0.2) is 5.82 Å². The Balaban J connectivity index is 1.74. The average Bonchev–Trinajstić information content (AvgIpc) is 3.00. The number of nitrogens with two attached hydrogens (primary N) is 1. The van der Waals surface area contributed by atoms with Crippen molar-refractivity contribution < 1.29 is 36.2 Å². The van der Waals surface area contributed by atoms with Crippen molar-refractivity contribution >= 4 is 22.4 Å². The Kier molecular flexibility index (Phi) is 8.44. The topological polar surface area (TPSA) is 140 Å². The molecule has 1 aromatic carbocycles. The molecule has 2 aromatic heterocycles. The number of nitrogens with zero attached hydrogens (tertiary/aromatic N) is 4. The zero-order valence-electron chi connectivity index (χ0n) is 23.5. The van der Waals surface area contributed by atoms with Gasteiger partial charge in [-0.3, -0.25) is 0 Å². The number of nitriles is 1. The van der Waals surface area contributed by atoms with Crippen molar-refractivity contribution in [3.05, 3.63) is 28.8 Å². The van der Waals surface area contributed by atoms with Crippen LogP contribution in [0.1, 0.15) is 37.3 Å². The van der Waals surface area contributed by atoms with E-state index in [0.29, 0.717) is 58.2 Å². The summed E-state index contributed by atoms with van der Waals surface area (Å²) in [6.07, 6.45) is -4.26. The van der Waals surface area contributed by atoms with Crippen molar-refractivity contribution in [3.63, 3.8) is 0 Å². The molecule has 3 aromatic rings. The van der Waals surface area contributed by atoms with Crippen LogP contribution in [0, 0.1) is 35.3 Å². The maximum Gasteiger partial charge on any atom is 0.417 e. The molecule has 2 aliphatic rings. The van der Waals surface area contributed by atoms with Gasteiger partial charge in [0.05, 0.1) is 28.8 Å². The van der Waals surface area contributed by atoms with E-state index in [0.717, 1.165) is 6.92 Å². The Hall–Kier alpha value is -4.03. The van der Waals surface area contributed by atoms with Gasteiger partial charge in [-0.15, -0.1) is 0 Å². The van der Waals surface area contributed by atoms with E-state index in [4.69, 9.17) is 19.9 Å². The van der Waals surface area contributed by atoms with E-state index >= 15 is 4.39 Å². The molecule has 0 aliphatic carbocycles. The smallest absolute Gasteiger partial charge is 0.417 e. The third kappa shape index (κ3) is 6.07. The predicted octanol–water partition coefficient (Wildman–Crippen LogP) is 4.75. The third-order valence-electron chi connectivity index (χ3n) is 7.60. The van der Waals surface area contributed by atoms with Crippen LogP contribution in [0.2, 0.25) is 0 Å². The number of nitrogen functional groups attached to an aromatic ring is 1. The highest BCUT2D eigenvalue weighted by Crippen LogP contribution is 2.45. The molecule has 1 saturated heterocycles. The molecule has 10 nitrogen and oxygen atoms in total. The van der Waals surface area contributed by atoms with Crippen LogP contribution in [0.25, 0.3) is 22.2 Å². The number of halogens is 5. The van der Waals surface area contributed by atoms with Gasteiger partial charge in [0.2, 0.25) is 5.88 Å². The SMILES string of the molecule is Cc1c(F)c(N)cc(-c2nc3c4c(nc(OCC5(C#N)CCOCC5)nc4c2F)NCCNCCC(C)O3)c1C(F)(F)F. The zero-order chi connectivity index (χ0) is 30.9. The van der Waals surface area contributed by atoms with E-state index in [9.17, 15) is 22.8 Å². The van der Waals surface area contributed by atoms with Crippen molar-refractivity contribution in [1.29, 1.82) is 5.26 Å². The number of alkyl halides is 3. The Morgan fingerprint density at radius 2 is 1.88 bits per heavy atom. The van der Waals surface area contributed by atoms with Gasteiger partial charge in [0, 0.05) is 31.9 Å². The molecule has 43 heavy (non-hydrogen) atoms. The molecule has 4 N–H and O–H groups in total. The van der Waals surface area contributed by atoms with Crippen LogP contribution < -0.4 is 25.8 Å². The summed E-state index contributed by atoms with van der Waals surface area (Å²) in [5.41, 5.74) is -0.00287. The van der Waals surface area contributed by atoms with E-state index in [1.807, 2.05) is 0 Å². The molecule has 0 amide bonds. The van der Waals surface area contributed by atoms with E-state index in [2.05, 4.69) is 31.7 Å². The lowest BCUT2D eigenvalue weighted by Gasteiger charge is -2.29. The van der Waals surface area contributed by atoms with Crippen LogP contribution in [0.5, 0.6) is 11.9 Å². The van der Waals surface area contributed by atoms with E-state index in [1.165, 1.54) is 0 Å². The fourth-order valence-corrected chi connectivity index (χ4v) is 5.15. The highest BCUT2D eigenvalue weighted by molar-refractivity contribution is 5.96. The lowest BCUT2D eigenvalue weighted by atomic mass is 9.83. The number of rotatable bonds is 4. The molecular formula is C28H30F5N7O3. The largest absolute Gasteiger partial charge is 0.474 e. The summed E-state index contributed by atoms with van der Waals surface area (Å²) < 4.78 is 91.0. The van der Waals surface area contributed by atoms with Gasteiger partial charge in [-0.25, -0.2) is 13.8 Å². The van der Waals surface area contributed by atoms with Crippen molar-refractivity contribution in [1.82, 2.24) is 20.3 Å². The molecule has 0 radical (unpaired) electrons. The molecule has 1 unspecified atom stereocenters. The zero-order valence-corrected chi connectivity index (χ0v) is 23.5. The molecule has 2 aliphatic heterocycles. The first-order valence-corrected chi connectivity index (χ1v) is 13.7. The minimum Gasteiger partial charge on any atom is -0.474 e. The van der Waals surface area contributed by atoms with Gasteiger partial charge in [-0.05, 0) is 51.3 Å². The fourth-order valence-electron chi connectivity index (χ4n) is 5.15. The summed E-state index contributed by atoms with van der Waals surface area (Å²) in [5, 5.41) is 16.1. The monoisotopic (exact) mass is 607 g/mol. The Labute approximate surface area is 243 Å². The molecular weight excluding hydrogens is 577 g/mol. The highest BCUT2D eigenvalue weighted by Gasteiger charge is 2.39. The molecule has 15 heteroatoms. The van der Waals surface area contributed by atoms with Crippen LogP contribution in [0.15, 0.2) is 6.07 Å². The van der Waals surface area contributed by atoms with Gasteiger partial charge < -0.3 is 30.6 Å². The second-order valence-corrected chi connectivity index (χ2v) is 10.7. The maximum atomic E-state index is 16.4. The summed E-state index contributed by atoms with van der Waals surface area (Å²) >= 11 is 0. The molecule has 0 spiro atoms. The van der Waals surface area contributed by atoms with Crippen molar-refractivity contribution in [2.24, 2.45) is 5.41 Å². The normalized spacial score (nSPS) is 19.1. The van der Waals surface area contributed by atoms with Crippen LogP contribution in [-0.2, 0) is 10.9 Å². The second kappa shape index (κ2) is 11.9. The highest BCUT2D eigenvalue weighted by atomic mass is 19.4. The van der Waals surface area contributed by atoms with Crippen molar-refractivity contribution in [2.45, 2.75) is 45.4 Å². The molecule has 0 bridgehead atoms. The molecule has 4 heterocycles. The lowest BCUT2D eigenvalue weighted by Crippen LogP contribution is -2.34. The van der Waals surface area contributed by atoms with Crippen molar-refractivity contribution in [3.8, 4) is 29.2 Å². The first-order chi connectivity index (χ1) is 20.4. The minimum absolute atomic E-state index is 0.0104. The minimum atomic E-state index is -5.07. The molecule has 230 valence electrons. The lowest BCUT2D eigenvalue weighted by molar-refractivity contribution is -0.137. The molecule has 5 rings (SSSR count). The Morgan fingerprint density at radius 1 is 1.14 bits per heavy atom. The van der Waals surface area contributed by atoms with Crippen LogP contribution in [0.4, 0.5) is 33.5 Å². The summed E-state index contributed by atoms with van der Waals surface area (Å²) in [5.74, 6) is -2.65. The Bertz CT molecular complexity index is 1570. The van der Waals surface area contributed by atoms with Gasteiger partial charge in [-0.1, -0.05) is 0 Å². The standard InChI is InChI=1S/C28H30F5N7O3/c1-14-3-6-36-7-8-37-24-18-23(39-26(40-24)42-13-27(12-34)4-9-41-10-5-27)21(30)22(38-25(18)43-14)16-11-17(35)20(29)15(2)19(16)28(31,32)33/h11,14,36H,3-10,13,35H2,1-2H3,(H,37,39,40). The van der Waals surface area contributed by atoms with Crippen LogP contribution in [-0.4, -0.2) is 60.5 Å². The first-order valence-electron chi connectivity index (χ1n) is 13.7. The van der Waals surface area contributed by atoms with E-state index in [1.54, 1.807) is 6.92 Å². The third-order valence-corrected chi connectivity index (χ3v) is 7.60. The van der Waals surface area contributed by atoms with Crippen LogP contribution >= 0.6 is 0 Å². The van der Waals surface area contributed by atoms with Crippen molar-refractivity contribution in [2.75, 3.05) is 50.5 Å². The second-order valence-electron chi connectivity index (χ2n) is 10.7. The molecule has 1 fully saturated rings. The number of anilines is 2. The van der Waals surface area contributed by atoms with E-state index < -0.39 is 62.9 Å². The van der Waals surface area contributed by atoms with Gasteiger partial charge >= 0.3 is 12.2 Å². The summed E-state index contributed by atoms with van der Waals surface area (Å²) in [6, 6.07) is 2.65. The number of hydrogen-bond acceptors (Lipinski definition) is 10. The Morgan fingerprint density at radius 3 is 2.58 bits per heavy atom. The van der Waals surface area contributed by atoms with Crippen LogP contribution in [0.3, 0.4) is 0 Å². The fraction of sp³-hybridized carbons (Fsp3) is 0.500. The van der Waals surface area contributed by atoms with Gasteiger partial charge in [-0.2, -0.15) is 28.4 Å². The molecule has 0 saturated carbocycles. The van der Waals surface area contributed by atoms with Gasteiger partial charge in [0.1, 0.15) is 34.8 Å². The molecule has 1 atom stereocenters. The predicted molar refractivity (Wildman–Crippen MR) is 146 cm³/mol. The van der Waals surface area contributed by atoms with Gasteiger partial charge in [0.25, 0.3) is 0 Å². The number of ether oxygens (including phenoxy) is 3. The summed E-state index contributed by atoms with van der Waals surface area (Å²) in [6.45, 7) is 4.66. The number of hydrogen-bond donors (Lipinski definition) is 3.